The molecule has 1 fully saturated rings. The van der Waals surface area contributed by atoms with E-state index in [1.54, 1.807) is 47.9 Å². The highest BCUT2D eigenvalue weighted by Gasteiger charge is 2.26. The third-order valence-corrected chi connectivity index (χ3v) is 5.91. The SMILES string of the molecule is CC(Oc1ccc(Cl)cc1)C(=O)N1CCN(Cc2cc(=O)n3ccsc3n2)CC1. The summed E-state index contributed by atoms with van der Waals surface area (Å²) in [7, 11) is 0. The number of benzene rings is 1. The van der Waals surface area contributed by atoms with Gasteiger partial charge in [0.1, 0.15) is 5.75 Å². The van der Waals surface area contributed by atoms with Gasteiger partial charge in [-0.3, -0.25) is 18.9 Å². The number of rotatable bonds is 5. The topological polar surface area (TPSA) is 67.2 Å². The van der Waals surface area contributed by atoms with Crippen molar-refractivity contribution in [2.75, 3.05) is 26.2 Å². The Morgan fingerprint density at radius 1 is 1.24 bits per heavy atom. The van der Waals surface area contributed by atoms with Gasteiger partial charge in [0.25, 0.3) is 11.5 Å². The molecule has 1 amide bonds. The molecular formula is C20H21ClN4O3S. The summed E-state index contributed by atoms with van der Waals surface area (Å²) in [4.78, 5) is 34.1. The Morgan fingerprint density at radius 2 is 1.97 bits per heavy atom. The van der Waals surface area contributed by atoms with Crippen molar-refractivity contribution < 1.29 is 9.53 Å². The van der Waals surface area contributed by atoms with Gasteiger partial charge in [0.05, 0.1) is 5.69 Å². The fourth-order valence-electron chi connectivity index (χ4n) is 3.35. The van der Waals surface area contributed by atoms with Gasteiger partial charge in [-0.15, -0.1) is 11.3 Å². The molecule has 0 bridgehead atoms. The van der Waals surface area contributed by atoms with Crippen molar-refractivity contribution in [2.45, 2.75) is 19.6 Å². The highest BCUT2D eigenvalue weighted by atomic mass is 35.5. The fourth-order valence-corrected chi connectivity index (χ4v) is 4.21. The molecule has 7 nitrogen and oxygen atoms in total. The Hall–Kier alpha value is -2.42. The van der Waals surface area contributed by atoms with E-state index in [-0.39, 0.29) is 11.5 Å². The van der Waals surface area contributed by atoms with E-state index in [0.29, 0.717) is 35.4 Å². The zero-order valence-corrected chi connectivity index (χ0v) is 17.5. The van der Waals surface area contributed by atoms with E-state index in [9.17, 15) is 9.59 Å². The minimum Gasteiger partial charge on any atom is -0.481 e. The number of amides is 1. The van der Waals surface area contributed by atoms with E-state index in [1.165, 1.54) is 11.3 Å². The largest absolute Gasteiger partial charge is 0.481 e. The number of carbonyl (C=O) groups excluding carboxylic acids is 1. The lowest BCUT2D eigenvalue weighted by molar-refractivity contribution is -0.139. The van der Waals surface area contributed by atoms with Crippen molar-refractivity contribution in [3.05, 3.63) is 63.0 Å². The number of carbonyl (C=O) groups is 1. The second kappa shape index (κ2) is 8.52. The molecule has 1 aliphatic heterocycles. The lowest BCUT2D eigenvalue weighted by Gasteiger charge is -2.35. The third-order valence-electron chi connectivity index (χ3n) is 4.90. The maximum absolute atomic E-state index is 12.7. The molecule has 1 unspecified atom stereocenters. The quantitative estimate of drug-likeness (QED) is 0.619. The molecule has 29 heavy (non-hydrogen) atoms. The minimum atomic E-state index is -0.564. The molecule has 1 aromatic carbocycles. The Kier molecular flexibility index (Phi) is 5.84. The van der Waals surface area contributed by atoms with Crippen LogP contribution in [-0.2, 0) is 11.3 Å². The molecule has 1 aliphatic rings. The first-order valence-electron chi connectivity index (χ1n) is 9.39. The van der Waals surface area contributed by atoms with Crippen LogP contribution in [0.4, 0.5) is 0 Å². The predicted octanol–water partition coefficient (Wildman–Crippen LogP) is 2.52. The lowest BCUT2D eigenvalue weighted by atomic mass is 10.2. The molecule has 0 N–H and O–H groups in total. The maximum Gasteiger partial charge on any atom is 0.263 e. The van der Waals surface area contributed by atoms with E-state index < -0.39 is 6.10 Å². The Bertz CT molecular complexity index is 1060. The number of nitrogens with zero attached hydrogens (tertiary/aromatic N) is 4. The fraction of sp³-hybridized carbons (Fsp3) is 0.350. The van der Waals surface area contributed by atoms with Crippen molar-refractivity contribution in [3.8, 4) is 5.75 Å². The summed E-state index contributed by atoms with van der Waals surface area (Å²) in [5, 5.41) is 2.48. The van der Waals surface area contributed by atoms with Gasteiger partial charge in [-0.05, 0) is 31.2 Å². The molecule has 1 atom stereocenters. The first-order chi connectivity index (χ1) is 14.0. The van der Waals surface area contributed by atoms with Crippen LogP contribution in [0.2, 0.25) is 5.02 Å². The predicted molar refractivity (Wildman–Crippen MR) is 113 cm³/mol. The molecule has 152 valence electrons. The van der Waals surface area contributed by atoms with Gasteiger partial charge in [-0.2, -0.15) is 0 Å². The van der Waals surface area contributed by atoms with Crippen molar-refractivity contribution >= 4 is 33.8 Å². The number of thiazole rings is 1. The average molecular weight is 433 g/mol. The van der Waals surface area contributed by atoms with Gasteiger partial charge in [0, 0.05) is 55.4 Å². The number of piperazine rings is 1. The van der Waals surface area contributed by atoms with Crippen molar-refractivity contribution in [1.29, 1.82) is 0 Å². The van der Waals surface area contributed by atoms with Crippen LogP contribution in [0.15, 0.2) is 46.7 Å². The van der Waals surface area contributed by atoms with Crippen LogP contribution in [0.25, 0.3) is 4.96 Å². The van der Waals surface area contributed by atoms with Crippen LogP contribution >= 0.6 is 22.9 Å². The number of hydrogen-bond acceptors (Lipinski definition) is 6. The number of halogens is 1. The van der Waals surface area contributed by atoms with E-state index >= 15 is 0 Å². The summed E-state index contributed by atoms with van der Waals surface area (Å²) >= 11 is 7.32. The second-order valence-corrected chi connectivity index (χ2v) is 8.27. The van der Waals surface area contributed by atoms with Crippen molar-refractivity contribution in [3.63, 3.8) is 0 Å². The molecular weight excluding hydrogens is 412 g/mol. The summed E-state index contributed by atoms with van der Waals surface area (Å²) in [5.74, 6) is 0.589. The van der Waals surface area contributed by atoms with E-state index in [1.807, 2.05) is 10.3 Å². The molecule has 0 saturated carbocycles. The molecule has 0 spiro atoms. The lowest BCUT2D eigenvalue weighted by Crippen LogP contribution is -2.51. The Labute approximate surface area is 177 Å². The first-order valence-corrected chi connectivity index (χ1v) is 10.6. The van der Waals surface area contributed by atoms with Crippen LogP contribution in [-0.4, -0.2) is 57.4 Å². The van der Waals surface area contributed by atoms with Gasteiger partial charge in [-0.25, -0.2) is 4.98 Å². The Balaban J connectivity index is 1.31. The van der Waals surface area contributed by atoms with Crippen LogP contribution < -0.4 is 10.3 Å². The summed E-state index contributed by atoms with van der Waals surface area (Å²) in [5.41, 5.74) is 0.699. The first kappa shape index (κ1) is 19.9. The molecule has 4 rings (SSSR count). The average Bonchev–Trinajstić information content (AvgIpc) is 3.19. The van der Waals surface area contributed by atoms with Crippen molar-refractivity contribution in [1.82, 2.24) is 19.2 Å². The van der Waals surface area contributed by atoms with Crippen LogP contribution in [0, 0.1) is 0 Å². The normalized spacial score (nSPS) is 16.1. The molecule has 0 radical (unpaired) electrons. The Morgan fingerprint density at radius 3 is 2.69 bits per heavy atom. The van der Waals surface area contributed by atoms with E-state index in [4.69, 9.17) is 16.3 Å². The third kappa shape index (κ3) is 4.60. The summed E-state index contributed by atoms with van der Waals surface area (Å²) < 4.78 is 7.29. The van der Waals surface area contributed by atoms with Gasteiger partial charge in [0.2, 0.25) is 0 Å². The minimum absolute atomic E-state index is 0.0315. The summed E-state index contributed by atoms with van der Waals surface area (Å²) in [6.45, 7) is 5.05. The smallest absolute Gasteiger partial charge is 0.263 e. The van der Waals surface area contributed by atoms with Crippen LogP contribution in [0.3, 0.4) is 0 Å². The zero-order valence-electron chi connectivity index (χ0n) is 16.0. The monoisotopic (exact) mass is 432 g/mol. The molecule has 9 heteroatoms. The number of fused-ring (bicyclic) bond motifs is 1. The maximum atomic E-state index is 12.7. The van der Waals surface area contributed by atoms with Crippen LogP contribution in [0.1, 0.15) is 12.6 Å². The molecule has 3 aromatic rings. The summed E-state index contributed by atoms with van der Waals surface area (Å²) in [6.07, 6.45) is 1.17. The molecule has 2 aromatic heterocycles. The highest BCUT2D eigenvalue weighted by Crippen LogP contribution is 2.18. The second-order valence-electron chi connectivity index (χ2n) is 6.96. The number of hydrogen-bond donors (Lipinski definition) is 0. The van der Waals surface area contributed by atoms with Gasteiger partial charge in [0.15, 0.2) is 11.1 Å². The zero-order chi connectivity index (χ0) is 20.4. The van der Waals surface area contributed by atoms with Gasteiger partial charge < -0.3 is 9.64 Å². The van der Waals surface area contributed by atoms with Crippen molar-refractivity contribution in [2.24, 2.45) is 0 Å². The van der Waals surface area contributed by atoms with E-state index in [0.717, 1.165) is 18.8 Å². The molecule has 1 saturated heterocycles. The van der Waals surface area contributed by atoms with Crippen LogP contribution in [0.5, 0.6) is 5.75 Å². The number of aromatic nitrogens is 2. The number of ether oxygens (including phenoxy) is 1. The van der Waals surface area contributed by atoms with Gasteiger partial charge >= 0.3 is 0 Å². The standard InChI is InChI=1S/C20H21ClN4O3S/c1-14(28-17-4-2-15(21)3-5-17)19(27)24-8-6-23(7-9-24)13-16-12-18(26)25-10-11-29-20(25)22-16/h2-5,10-12,14H,6-9,13H2,1H3. The van der Waals surface area contributed by atoms with Gasteiger partial charge in [-0.1, -0.05) is 11.6 Å². The highest BCUT2D eigenvalue weighted by molar-refractivity contribution is 7.15. The summed E-state index contributed by atoms with van der Waals surface area (Å²) in [6, 6.07) is 8.56. The molecule has 0 aliphatic carbocycles. The molecule has 3 heterocycles. The van der Waals surface area contributed by atoms with E-state index in [2.05, 4.69) is 9.88 Å².